The zero-order valence-corrected chi connectivity index (χ0v) is 18.9. The molecule has 1 aromatic rings. The Balaban J connectivity index is 1.79. The topological polar surface area (TPSA) is 71.7 Å². The Morgan fingerprint density at radius 2 is 2.07 bits per heavy atom. The van der Waals surface area contributed by atoms with E-state index in [0.29, 0.717) is 22.3 Å². The van der Waals surface area contributed by atoms with Gasteiger partial charge in [0, 0.05) is 18.0 Å². The van der Waals surface area contributed by atoms with Crippen molar-refractivity contribution in [2.24, 2.45) is 22.1 Å². The molecule has 0 amide bonds. The van der Waals surface area contributed by atoms with Crippen LogP contribution in [0.5, 0.6) is 5.75 Å². The molecule has 2 atom stereocenters. The quantitative estimate of drug-likeness (QED) is 0.196. The Hall–Kier alpha value is -1.31. The molecular weight excluding hydrogens is 388 g/mol. The fourth-order valence-electron chi connectivity index (χ4n) is 3.32. The molecule has 1 aliphatic rings. The van der Waals surface area contributed by atoms with E-state index in [1.54, 1.807) is 11.8 Å². The summed E-state index contributed by atoms with van der Waals surface area (Å²) in [5.74, 6) is 2.67. The van der Waals surface area contributed by atoms with Gasteiger partial charge in [0.05, 0.1) is 0 Å². The van der Waals surface area contributed by atoms with Crippen molar-refractivity contribution in [1.29, 1.82) is 0 Å². The van der Waals surface area contributed by atoms with Crippen molar-refractivity contribution in [1.82, 2.24) is 5.32 Å². The molecule has 7 heteroatoms. The molecular formula is C21H34N4OS2. The average Bonchev–Trinajstić information content (AvgIpc) is 2.83. The van der Waals surface area contributed by atoms with Gasteiger partial charge in [-0.25, -0.2) is 0 Å². The van der Waals surface area contributed by atoms with Gasteiger partial charge in [-0.15, -0.1) is 0 Å². The molecule has 5 nitrogen and oxygen atoms in total. The molecule has 0 bridgehead atoms. The van der Waals surface area contributed by atoms with Gasteiger partial charge < -0.3 is 21.1 Å². The van der Waals surface area contributed by atoms with Gasteiger partial charge in [0.25, 0.3) is 0 Å². The third-order valence-corrected chi connectivity index (χ3v) is 6.65. The zero-order chi connectivity index (χ0) is 20.4. The minimum absolute atomic E-state index is 0.341. The van der Waals surface area contributed by atoms with Gasteiger partial charge in [-0.1, -0.05) is 44.9 Å². The number of benzene rings is 1. The Morgan fingerprint density at radius 1 is 1.32 bits per heavy atom. The number of amidine groups is 1. The minimum Gasteiger partial charge on any atom is -0.492 e. The Morgan fingerprint density at radius 3 is 2.79 bits per heavy atom. The summed E-state index contributed by atoms with van der Waals surface area (Å²) in [5.41, 5.74) is 7.34. The number of thioether (sulfide) groups is 1. The van der Waals surface area contributed by atoms with Crippen LogP contribution in [0.15, 0.2) is 29.3 Å². The molecule has 1 saturated carbocycles. The highest BCUT2D eigenvalue weighted by molar-refractivity contribution is 8.13. The third-order valence-electron chi connectivity index (χ3n) is 5.22. The number of hydrogen-bond donors (Lipinski definition) is 3. The molecule has 1 aliphatic carbocycles. The van der Waals surface area contributed by atoms with E-state index in [1.165, 1.54) is 32.1 Å². The molecule has 1 aromatic carbocycles. The van der Waals surface area contributed by atoms with E-state index in [4.69, 9.17) is 22.7 Å². The first-order valence-electron chi connectivity index (χ1n) is 10.1. The summed E-state index contributed by atoms with van der Waals surface area (Å²) in [5, 5.41) is 7.08. The molecule has 1 fully saturated rings. The van der Waals surface area contributed by atoms with Gasteiger partial charge >= 0.3 is 0 Å². The first kappa shape index (κ1) is 23.0. The average molecular weight is 423 g/mol. The van der Waals surface area contributed by atoms with Crippen LogP contribution in [0.3, 0.4) is 0 Å². The number of nitrogens with one attached hydrogen (secondary N) is 2. The molecule has 0 radical (unpaired) electrons. The van der Waals surface area contributed by atoms with Gasteiger partial charge in [-0.2, -0.15) is 4.99 Å². The first-order valence-corrected chi connectivity index (χ1v) is 11.4. The van der Waals surface area contributed by atoms with Crippen molar-refractivity contribution in [2.75, 3.05) is 31.3 Å². The SMILES string of the molecule is CNCCOc1ccc(NC(=S)/N=C(\N)SCC2(C)CCCC(C)CC2)cc1. The second-order valence-corrected chi connectivity index (χ2v) is 9.37. The molecule has 0 spiro atoms. The number of anilines is 1. The molecule has 28 heavy (non-hydrogen) atoms. The predicted molar refractivity (Wildman–Crippen MR) is 127 cm³/mol. The highest BCUT2D eigenvalue weighted by Crippen LogP contribution is 2.39. The maximum atomic E-state index is 6.12. The van der Waals surface area contributed by atoms with Crippen LogP contribution >= 0.6 is 24.0 Å². The molecule has 0 aromatic heterocycles. The van der Waals surface area contributed by atoms with Gasteiger partial charge in [0.2, 0.25) is 0 Å². The van der Waals surface area contributed by atoms with Crippen LogP contribution in [0.2, 0.25) is 0 Å². The zero-order valence-electron chi connectivity index (χ0n) is 17.3. The maximum Gasteiger partial charge on any atom is 0.199 e. The fourth-order valence-corrected chi connectivity index (χ4v) is 4.54. The number of aliphatic imine (C=N–C) groups is 1. The summed E-state index contributed by atoms with van der Waals surface area (Å²) in [7, 11) is 1.90. The number of hydrogen-bond acceptors (Lipinski definition) is 4. The molecule has 0 aliphatic heterocycles. The van der Waals surface area contributed by atoms with Gasteiger partial charge in [-0.05, 0) is 67.7 Å². The van der Waals surface area contributed by atoms with E-state index in [2.05, 4.69) is 29.5 Å². The maximum absolute atomic E-state index is 6.12. The van der Waals surface area contributed by atoms with Crippen LogP contribution in [-0.2, 0) is 0 Å². The standard InChI is InChI=1S/C21H34N4OS2/c1-16-5-4-11-21(2,12-10-16)15-28-19(22)25-20(27)24-17-6-8-18(9-7-17)26-14-13-23-3/h6-9,16,23H,4-5,10-15H2,1-3H3,(H3,22,24,25,27). The highest BCUT2D eigenvalue weighted by atomic mass is 32.2. The molecule has 4 N–H and O–H groups in total. The number of thiocarbonyl (C=S) groups is 1. The van der Waals surface area contributed by atoms with E-state index in [1.807, 2.05) is 31.3 Å². The van der Waals surface area contributed by atoms with Crippen LogP contribution in [-0.4, -0.2) is 36.2 Å². The normalized spacial score (nSPS) is 23.1. The van der Waals surface area contributed by atoms with Gasteiger partial charge in [0.15, 0.2) is 10.3 Å². The minimum atomic E-state index is 0.341. The number of ether oxygens (including phenoxy) is 1. The van der Waals surface area contributed by atoms with E-state index in [0.717, 1.165) is 29.7 Å². The Bertz CT molecular complexity index is 650. The number of nitrogens with two attached hydrogens (primary N) is 1. The van der Waals surface area contributed by atoms with E-state index < -0.39 is 0 Å². The lowest BCUT2D eigenvalue weighted by Gasteiger charge is -2.27. The Kier molecular flexibility index (Phi) is 9.55. The summed E-state index contributed by atoms with van der Waals surface area (Å²) in [6, 6.07) is 7.67. The largest absolute Gasteiger partial charge is 0.492 e. The fraction of sp³-hybridized carbons (Fsp3) is 0.619. The summed E-state index contributed by atoms with van der Waals surface area (Å²) < 4.78 is 5.61. The lowest BCUT2D eigenvalue weighted by molar-refractivity contribution is 0.318. The van der Waals surface area contributed by atoms with Gasteiger partial charge in [-0.3, -0.25) is 0 Å². The summed E-state index contributed by atoms with van der Waals surface area (Å²) in [6.45, 7) is 6.19. The molecule has 0 heterocycles. The molecule has 2 unspecified atom stereocenters. The van der Waals surface area contributed by atoms with Crippen LogP contribution in [0.4, 0.5) is 5.69 Å². The molecule has 2 rings (SSSR count). The van der Waals surface area contributed by atoms with Gasteiger partial charge in [0.1, 0.15) is 12.4 Å². The van der Waals surface area contributed by atoms with Crippen molar-refractivity contribution in [2.45, 2.75) is 46.0 Å². The molecule has 156 valence electrons. The van der Waals surface area contributed by atoms with E-state index >= 15 is 0 Å². The lowest BCUT2D eigenvalue weighted by atomic mass is 9.84. The number of nitrogens with zero attached hydrogens (tertiary/aromatic N) is 1. The predicted octanol–water partition coefficient (Wildman–Crippen LogP) is 4.64. The Labute approximate surface area is 179 Å². The second-order valence-electron chi connectivity index (χ2n) is 7.99. The molecule has 0 saturated heterocycles. The van der Waals surface area contributed by atoms with Crippen LogP contribution in [0, 0.1) is 11.3 Å². The van der Waals surface area contributed by atoms with Crippen molar-refractivity contribution < 1.29 is 4.74 Å². The van der Waals surface area contributed by atoms with Crippen molar-refractivity contribution in [3.05, 3.63) is 24.3 Å². The second kappa shape index (κ2) is 11.6. The summed E-state index contributed by atoms with van der Waals surface area (Å²) in [4.78, 5) is 4.35. The monoisotopic (exact) mass is 422 g/mol. The number of rotatable bonds is 7. The van der Waals surface area contributed by atoms with Crippen LogP contribution in [0.1, 0.15) is 46.0 Å². The van der Waals surface area contributed by atoms with Crippen molar-refractivity contribution in [3.8, 4) is 5.75 Å². The van der Waals surface area contributed by atoms with E-state index in [-0.39, 0.29) is 0 Å². The van der Waals surface area contributed by atoms with E-state index in [9.17, 15) is 0 Å². The van der Waals surface area contributed by atoms with Crippen LogP contribution in [0.25, 0.3) is 0 Å². The first-order chi connectivity index (χ1) is 13.4. The van der Waals surface area contributed by atoms with Crippen LogP contribution < -0.4 is 21.1 Å². The van der Waals surface area contributed by atoms with Crippen molar-refractivity contribution in [3.63, 3.8) is 0 Å². The number of likely N-dealkylation sites (N-methyl/N-ethyl adjacent to an activating group) is 1. The third kappa shape index (κ3) is 8.37. The summed E-state index contributed by atoms with van der Waals surface area (Å²) >= 11 is 6.95. The lowest BCUT2D eigenvalue weighted by Crippen LogP contribution is -2.22. The van der Waals surface area contributed by atoms with Crippen molar-refractivity contribution >= 4 is 39.9 Å². The highest BCUT2D eigenvalue weighted by Gasteiger charge is 2.27. The summed E-state index contributed by atoms with van der Waals surface area (Å²) in [6.07, 6.45) is 6.49. The smallest absolute Gasteiger partial charge is 0.199 e.